The zero-order valence-corrected chi connectivity index (χ0v) is 15.1. The van der Waals surface area contributed by atoms with Gasteiger partial charge in [0.1, 0.15) is 12.6 Å². The lowest BCUT2D eigenvalue weighted by Gasteiger charge is -2.57. The van der Waals surface area contributed by atoms with Gasteiger partial charge in [0.25, 0.3) is 0 Å². The number of nitrogens with zero attached hydrogens (tertiary/aromatic N) is 1. The van der Waals surface area contributed by atoms with Crippen molar-refractivity contribution in [3.8, 4) is 0 Å². The molecule has 7 atom stereocenters. The Labute approximate surface area is 154 Å². The molecular formula is C22H27N2O2+. The SMILES string of the molecule is C=CC[N@+]12CC[C@]34c5ccccc5N[C@H]3[C@@H]3[C@H](O)OCC=C(C1)[C@@H]3C[C@@H]42. The van der Waals surface area contributed by atoms with Gasteiger partial charge in [-0.2, -0.15) is 0 Å². The molecular weight excluding hydrogens is 324 g/mol. The van der Waals surface area contributed by atoms with Gasteiger partial charge in [0, 0.05) is 30.4 Å². The molecule has 2 N–H and O–H groups in total. The molecule has 4 heteroatoms. The maximum absolute atomic E-state index is 10.9. The van der Waals surface area contributed by atoms with E-state index in [0.717, 1.165) is 24.0 Å². The summed E-state index contributed by atoms with van der Waals surface area (Å²) in [5.41, 5.74) is 4.37. The van der Waals surface area contributed by atoms with Crippen LogP contribution in [0.3, 0.4) is 0 Å². The van der Waals surface area contributed by atoms with Crippen LogP contribution in [0, 0.1) is 11.8 Å². The number of fused-ring (bicyclic) bond motifs is 2. The minimum Gasteiger partial charge on any atom is -0.380 e. The lowest BCUT2D eigenvalue weighted by Crippen LogP contribution is -2.69. The lowest BCUT2D eigenvalue weighted by molar-refractivity contribution is -0.937. The first-order valence-electron chi connectivity index (χ1n) is 10.0. The van der Waals surface area contributed by atoms with E-state index in [0.29, 0.717) is 18.6 Å². The van der Waals surface area contributed by atoms with E-state index in [-0.39, 0.29) is 17.4 Å². The van der Waals surface area contributed by atoms with E-state index in [2.05, 4.69) is 48.3 Å². The highest BCUT2D eigenvalue weighted by atomic mass is 16.6. The third-order valence-corrected chi connectivity index (χ3v) is 8.26. The molecule has 0 aromatic heterocycles. The second-order valence-corrected chi connectivity index (χ2v) is 8.97. The molecule has 1 saturated carbocycles. The van der Waals surface area contributed by atoms with E-state index in [1.165, 1.54) is 29.8 Å². The summed E-state index contributed by atoms with van der Waals surface area (Å²) < 4.78 is 6.98. The molecule has 2 bridgehead atoms. The Bertz CT molecular complexity index is 820. The van der Waals surface area contributed by atoms with Crippen LogP contribution in [0.4, 0.5) is 5.69 Å². The van der Waals surface area contributed by atoms with Crippen LogP contribution in [0.1, 0.15) is 18.4 Å². The van der Waals surface area contributed by atoms with Crippen LogP contribution in [0.2, 0.25) is 0 Å². The maximum atomic E-state index is 10.9. The third-order valence-electron chi connectivity index (χ3n) is 8.26. The van der Waals surface area contributed by atoms with Gasteiger partial charge in [-0.15, -0.1) is 0 Å². The topological polar surface area (TPSA) is 41.5 Å². The molecule has 1 spiro atoms. The number of para-hydroxylation sites is 1. The first kappa shape index (κ1) is 15.4. The van der Waals surface area contributed by atoms with Crippen molar-refractivity contribution < 1.29 is 14.3 Å². The molecule has 6 rings (SSSR count). The summed E-state index contributed by atoms with van der Waals surface area (Å²) in [6, 6.07) is 9.70. The molecule has 1 aliphatic carbocycles. The summed E-state index contributed by atoms with van der Waals surface area (Å²) in [6.07, 6.45) is 6.05. The second-order valence-electron chi connectivity index (χ2n) is 8.97. The number of benzene rings is 1. The van der Waals surface area contributed by atoms with Crippen LogP contribution >= 0.6 is 0 Å². The van der Waals surface area contributed by atoms with Crippen molar-refractivity contribution in [3.63, 3.8) is 0 Å². The highest BCUT2D eigenvalue weighted by Gasteiger charge is 2.72. The Kier molecular flexibility index (Phi) is 2.97. The van der Waals surface area contributed by atoms with Gasteiger partial charge in [-0.05, 0) is 23.3 Å². The molecule has 4 nitrogen and oxygen atoms in total. The highest BCUT2D eigenvalue weighted by Crippen LogP contribution is 2.64. The van der Waals surface area contributed by atoms with Crippen molar-refractivity contribution in [3.05, 3.63) is 54.1 Å². The van der Waals surface area contributed by atoms with Crippen molar-refractivity contribution >= 4 is 5.69 Å². The number of quaternary nitrogens is 1. The normalized spacial score (nSPS) is 47.3. The summed E-state index contributed by atoms with van der Waals surface area (Å²) >= 11 is 0. The van der Waals surface area contributed by atoms with Gasteiger partial charge < -0.3 is 19.6 Å². The van der Waals surface area contributed by atoms with Crippen LogP contribution in [0.15, 0.2) is 48.6 Å². The molecule has 2 saturated heterocycles. The van der Waals surface area contributed by atoms with E-state index in [9.17, 15) is 5.11 Å². The first-order valence-corrected chi connectivity index (χ1v) is 10.0. The number of ether oxygens (including phenoxy) is 1. The molecule has 136 valence electrons. The predicted molar refractivity (Wildman–Crippen MR) is 101 cm³/mol. The van der Waals surface area contributed by atoms with Gasteiger partial charge >= 0.3 is 0 Å². The summed E-state index contributed by atoms with van der Waals surface area (Å²) in [5, 5.41) is 14.8. The molecule has 1 aromatic carbocycles. The first-order chi connectivity index (χ1) is 12.7. The molecule has 4 heterocycles. The number of nitrogens with one attached hydrogen (secondary N) is 1. The summed E-state index contributed by atoms with van der Waals surface area (Å²) in [5.74, 6) is 0.572. The summed E-state index contributed by atoms with van der Waals surface area (Å²) in [6.45, 7) is 7.98. The Hall–Kier alpha value is -1.62. The van der Waals surface area contributed by atoms with Crippen molar-refractivity contribution in [1.29, 1.82) is 0 Å². The standard InChI is InChI=1S/C22H27N2O2/c1-2-9-24-10-8-22-16-5-3-4-6-17(16)23-20(22)19-15(12-18(22)24)14(13-24)7-11-26-21(19)25/h2-7,15,18-21,23,25H,1,8-13H2/q+1/t15-,18-,19+,20-,21+,22+,24-/m0/s1. The lowest BCUT2D eigenvalue weighted by atomic mass is 9.55. The van der Waals surface area contributed by atoms with Gasteiger partial charge in [0.05, 0.1) is 31.2 Å². The number of anilines is 1. The van der Waals surface area contributed by atoms with Crippen LogP contribution < -0.4 is 5.32 Å². The van der Waals surface area contributed by atoms with Crippen LogP contribution in [0.25, 0.3) is 0 Å². The maximum Gasteiger partial charge on any atom is 0.160 e. The van der Waals surface area contributed by atoms with Gasteiger partial charge in [-0.25, -0.2) is 0 Å². The molecule has 5 aliphatic rings. The average molecular weight is 351 g/mol. The van der Waals surface area contributed by atoms with Crippen LogP contribution in [-0.2, 0) is 10.2 Å². The van der Waals surface area contributed by atoms with Gasteiger partial charge in [0.2, 0.25) is 0 Å². The Morgan fingerprint density at radius 1 is 1.38 bits per heavy atom. The van der Waals surface area contributed by atoms with E-state index >= 15 is 0 Å². The van der Waals surface area contributed by atoms with Gasteiger partial charge in [-0.3, -0.25) is 0 Å². The number of aliphatic hydroxyl groups is 1. The predicted octanol–water partition coefficient (Wildman–Crippen LogP) is 2.42. The van der Waals surface area contributed by atoms with E-state index < -0.39 is 6.29 Å². The summed E-state index contributed by atoms with van der Waals surface area (Å²) in [7, 11) is 0. The van der Waals surface area contributed by atoms with Crippen LogP contribution in [-0.4, -0.2) is 54.2 Å². The second kappa shape index (κ2) is 5.00. The van der Waals surface area contributed by atoms with E-state index in [1.54, 1.807) is 0 Å². The fourth-order valence-electron chi connectivity index (χ4n) is 7.43. The van der Waals surface area contributed by atoms with E-state index in [4.69, 9.17) is 4.74 Å². The molecule has 0 radical (unpaired) electrons. The van der Waals surface area contributed by atoms with Crippen molar-refractivity contribution in [1.82, 2.24) is 0 Å². The van der Waals surface area contributed by atoms with Crippen molar-refractivity contribution in [2.45, 2.75) is 36.6 Å². The van der Waals surface area contributed by atoms with Crippen molar-refractivity contribution in [2.24, 2.45) is 11.8 Å². The minimum atomic E-state index is -0.682. The smallest absolute Gasteiger partial charge is 0.160 e. The van der Waals surface area contributed by atoms with Crippen molar-refractivity contribution in [2.75, 3.05) is 31.6 Å². The summed E-state index contributed by atoms with van der Waals surface area (Å²) in [4.78, 5) is 0. The van der Waals surface area contributed by atoms with Gasteiger partial charge in [0.15, 0.2) is 6.29 Å². The Balaban J connectivity index is 1.60. The van der Waals surface area contributed by atoms with Gasteiger partial charge in [-0.1, -0.05) is 30.9 Å². The largest absolute Gasteiger partial charge is 0.380 e. The zero-order valence-electron chi connectivity index (χ0n) is 15.1. The Morgan fingerprint density at radius 2 is 2.27 bits per heavy atom. The molecule has 0 amide bonds. The van der Waals surface area contributed by atoms with E-state index in [1.807, 2.05) is 0 Å². The quantitative estimate of drug-likeness (QED) is 0.635. The molecule has 0 unspecified atom stereocenters. The third kappa shape index (κ3) is 1.62. The zero-order chi connectivity index (χ0) is 17.5. The molecule has 4 aliphatic heterocycles. The number of hydrogen-bond acceptors (Lipinski definition) is 3. The number of rotatable bonds is 2. The molecule has 1 aromatic rings. The Morgan fingerprint density at radius 3 is 3.15 bits per heavy atom. The monoisotopic (exact) mass is 351 g/mol. The van der Waals surface area contributed by atoms with Crippen LogP contribution in [0.5, 0.6) is 0 Å². The number of hydrogen-bond donors (Lipinski definition) is 2. The number of aliphatic hydroxyl groups excluding tert-OH is 1. The highest BCUT2D eigenvalue weighted by molar-refractivity contribution is 5.64. The molecule has 26 heavy (non-hydrogen) atoms. The fraction of sp³-hybridized carbons (Fsp3) is 0.545. The minimum absolute atomic E-state index is 0.112. The number of piperidine rings is 1. The molecule has 3 fully saturated rings. The fourth-order valence-corrected chi connectivity index (χ4v) is 7.43. The average Bonchev–Trinajstić information content (AvgIpc) is 3.10.